The summed E-state index contributed by atoms with van der Waals surface area (Å²) in [6, 6.07) is 8.70. The summed E-state index contributed by atoms with van der Waals surface area (Å²) in [5.41, 5.74) is 1.45. The van der Waals surface area contributed by atoms with E-state index in [2.05, 4.69) is 29.6 Å². The van der Waals surface area contributed by atoms with E-state index in [-0.39, 0.29) is 0 Å². The summed E-state index contributed by atoms with van der Waals surface area (Å²) in [5.74, 6) is 2.56. The molecule has 1 aliphatic carbocycles. The normalized spacial score (nSPS) is 24.5. The third-order valence-electron chi connectivity index (χ3n) is 4.60. The topological polar surface area (TPSA) is 21.3 Å². The molecule has 3 rings (SSSR count). The Kier molecular flexibility index (Phi) is 4.39. The van der Waals surface area contributed by atoms with Gasteiger partial charge in [-0.1, -0.05) is 37.5 Å². The molecule has 1 saturated carbocycles. The van der Waals surface area contributed by atoms with Crippen molar-refractivity contribution in [2.45, 2.75) is 44.4 Å². The van der Waals surface area contributed by atoms with Gasteiger partial charge in [-0.3, -0.25) is 0 Å². The van der Waals surface area contributed by atoms with E-state index >= 15 is 0 Å². The van der Waals surface area contributed by atoms with Gasteiger partial charge in [-0.2, -0.15) is 0 Å². The first-order chi connectivity index (χ1) is 9.43. The average molecular weight is 259 g/mol. The predicted octanol–water partition coefficient (Wildman–Crippen LogP) is 3.72. The second-order valence-electron chi connectivity index (χ2n) is 6.04. The van der Waals surface area contributed by atoms with Gasteiger partial charge < -0.3 is 10.1 Å². The van der Waals surface area contributed by atoms with Gasteiger partial charge in [0.2, 0.25) is 0 Å². The Hall–Kier alpha value is -1.02. The summed E-state index contributed by atoms with van der Waals surface area (Å²) in [5, 5.41) is 3.41. The van der Waals surface area contributed by atoms with E-state index in [4.69, 9.17) is 4.74 Å². The van der Waals surface area contributed by atoms with Crippen LogP contribution in [0, 0.1) is 5.92 Å². The van der Waals surface area contributed by atoms with Gasteiger partial charge in [-0.25, -0.2) is 0 Å². The summed E-state index contributed by atoms with van der Waals surface area (Å²) >= 11 is 0. The molecule has 1 aromatic carbocycles. The molecule has 0 bridgehead atoms. The molecule has 1 N–H and O–H groups in total. The van der Waals surface area contributed by atoms with Crippen molar-refractivity contribution in [3.63, 3.8) is 0 Å². The zero-order chi connectivity index (χ0) is 12.9. The first kappa shape index (κ1) is 13.0. The molecule has 2 nitrogen and oxygen atoms in total. The molecule has 19 heavy (non-hydrogen) atoms. The molecular weight excluding hydrogens is 234 g/mol. The maximum Gasteiger partial charge on any atom is 0.122 e. The minimum absolute atomic E-state index is 0.694. The summed E-state index contributed by atoms with van der Waals surface area (Å²) in [7, 11) is 0. The zero-order valence-corrected chi connectivity index (χ0v) is 11.7. The Morgan fingerprint density at radius 3 is 2.68 bits per heavy atom. The van der Waals surface area contributed by atoms with Gasteiger partial charge in [-0.15, -0.1) is 0 Å². The Morgan fingerprint density at radius 1 is 1.05 bits per heavy atom. The van der Waals surface area contributed by atoms with E-state index < -0.39 is 0 Å². The molecule has 2 fully saturated rings. The lowest BCUT2D eigenvalue weighted by atomic mass is 9.84. The number of para-hydroxylation sites is 1. The van der Waals surface area contributed by atoms with Crippen LogP contribution in [0.4, 0.5) is 0 Å². The Morgan fingerprint density at radius 2 is 1.89 bits per heavy atom. The Labute approximate surface area is 116 Å². The van der Waals surface area contributed by atoms with Crippen LogP contribution in [-0.2, 0) is 0 Å². The summed E-state index contributed by atoms with van der Waals surface area (Å²) < 4.78 is 6.13. The van der Waals surface area contributed by atoms with Gasteiger partial charge in [0, 0.05) is 12.5 Å². The maximum atomic E-state index is 6.13. The lowest BCUT2D eigenvalue weighted by Gasteiger charge is -2.24. The van der Waals surface area contributed by atoms with E-state index in [1.807, 2.05) is 0 Å². The molecule has 1 heterocycles. The second-order valence-corrected chi connectivity index (χ2v) is 6.04. The van der Waals surface area contributed by atoms with E-state index in [0.717, 1.165) is 31.4 Å². The highest BCUT2D eigenvalue weighted by molar-refractivity contribution is 5.36. The van der Waals surface area contributed by atoms with Crippen molar-refractivity contribution < 1.29 is 4.74 Å². The van der Waals surface area contributed by atoms with Gasteiger partial charge in [-0.05, 0) is 43.4 Å². The van der Waals surface area contributed by atoms with Crippen LogP contribution in [-0.4, -0.2) is 19.7 Å². The summed E-state index contributed by atoms with van der Waals surface area (Å²) in [6.07, 6.45) is 8.10. The molecule has 2 aliphatic rings. The number of hydrogen-bond donors (Lipinski definition) is 1. The second kappa shape index (κ2) is 6.42. The highest BCUT2D eigenvalue weighted by atomic mass is 16.5. The quantitative estimate of drug-likeness (QED) is 0.889. The molecule has 0 aromatic heterocycles. The van der Waals surface area contributed by atoms with E-state index in [9.17, 15) is 0 Å². The number of ether oxygens (including phenoxy) is 1. The lowest BCUT2D eigenvalue weighted by Crippen LogP contribution is -2.16. The largest absolute Gasteiger partial charge is 0.493 e. The number of hydrogen-bond acceptors (Lipinski definition) is 2. The molecule has 1 aromatic rings. The van der Waals surface area contributed by atoms with Crippen LogP contribution in [0.25, 0.3) is 0 Å². The average Bonchev–Trinajstić information content (AvgIpc) is 3.00. The van der Waals surface area contributed by atoms with Crippen molar-refractivity contribution in [2.75, 3.05) is 19.7 Å². The van der Waals surface area contributed by atoms with Gasteiger partial charge in [0.05, 0.1) is 6.61 Å². The molecule has 2 heteroatoms. The van der Waals surface area contributed by atoms with Gasteiger partial charge >= 0.3 is 0 Å². The fourth-order valence-corrected chi connectivity index (χ4v) is 3.43. The fourth-order valence-electron chi connectivity index (χ4n) is 3.43. The first-order valence-electron chi connectivity index (χ1n) is 7.86. The van der Waals surface area contributed by atoms with Crippen LogP contribution in [0.1, 0.15) is 50.0 Å². The van der Waals surface area contributed by atoms with Gasteiger partial charge in [0.1, 0.15) is 5.75 Å². The predicted molar refractivity (Wildman–Crippen MR) is 78.7 cm³/mol. The van der Waals surface area contributed by atoms with Crippen molar-refractivity contribution in [2.24, 2.45) is 5.92 Å². The van der Waals surface area contributed by atoms with E-state index in [1.54, 1.807) is 0 Å². The third kappa shape index (κ3) is 3.30. The zero-order valence-electron chi connectivity index (χ0n) is 11.7. The molecule has 0 spiro atoms. The van der Waals surface area contributed by atoms with Crippen LogP contribution >= 0.6 is 0 Å². The maximum absolute atomic E-state index is 6.13. The van der Waals surface area contributed by atoms with Crippen LogP contribution in [0.15, 0.2) is 24.3 Å². The Balaban J connectivity index is 1.65. The molecule has 1 aliphatic heterocycles. The summed E-state index contributed by atoms with van der Waals surface area (Å²) in [4.78, 5) is 0. The van der Waals surface area contributed by atoms with Crippen molar-refractivity contribution in [1.29, 1.82) is 0 Å². The lowest BCUT2D eigenvalue weighted by molar-refractivity contribution is 0.254. The van der Waals surface area contributed by atoms with Crippen LogP contribution < -0.4 is 10.1 Å². The third-order valence-corrected chi connectivity index (χ3v) is 4.60. The molecule has 1 saturated heterocycles. The van der Waals surface area contributed by atoms with Crippen molar-refractivity contribution in [3.05, 3.63) is 29.8 Å². The van der Waals surface area contributed by atoms with Crippen molar-refractivity contribution >= 4 is 0 Å². The number of benzene rings is 1. The molecule has 104 valence electrons. The van der Waals surface area contributed by atoms with Crippen molar-refractivity contribution in [1.82, 2.24) is 5.32 Å². The SMILES string of the molecule is c1ccc(C2CCCCC2)c(OCC2CCNC2)c1. The van der Waals surface area contributed by atoms with Crippen LogP contribution in [0.2, 0.25) is 0 Å². The molecular formula is C17H25NO. The highest BCUT2D eigenvalue weighted by Crippen LogP contribution is 2.37. The number of rotatable bonds is 4. The summed E-state index contributed by atoms with van der Waals surface area (Å²) in [6.45, 7) is 3.14. The molecule has 0 radical (unpaired) electrons. The van der Waals surface area contributed by atoms with Crippen LogP contribution in [0.5, 0.6) is 5.75 Å². The smallest absolute Gasteiger partial charge is 0.122 e. The fraction of sp³-hybridized carbons (Fsp3) is 0.647. The van der Waals surface area contributed by atoms with E-state index in [0.29, 0.717) is 5.92 Å². The number of nitrogens with one attached hydrogen (secondary N) is 1. The van der Waals surface area contributed by atoms with Crippen LogP contribution in [0.3, 0.4) is 0 Å². The van der Waals surface area contributed by atoms with E-state index in [1.165, 1.54) is 44.1 Å². The molecule has 0 amide bonds. The molecule has 1 unspecified atom stereocenters. The van der Waals surface area contributed by atoms with Crippen molar-refractivity contribution in [3.8, 4) is 5.75 Å². The molecule has 1 atom stereocenters. The standard InChI is InChI=1S/C17H25NO/c1-2-6-15(7-3-1)16-8-4-5-9-17(16)19-13-14-10-11-18-12-14/h4-5,8-9,14-15,18H,1-3,6-7,10-13H2. The minimum Gasteiger partial charge on any atom is -0.493 e. The monoisotopic (exact) mass is 259 g/mol. The minimum atomic E-state index is 0.694. The Bertz CT molecular complexity index is 392. The van der Waals surface area contributed by atoms with Gasteiger partial charge in [0.25, 0.3) is 0 Å². The van der Waals surface area contributed by atoms with Gasteiger partial charge in [0.15, 0.2) is 0 Å². The highest BCUT2D eigenvalue weighted by Gasteiger charge is 2.20. The first-order valence-corrected chi connectivity index (χ1v) is 7.86.